The lowest BCUT2D eigenvalue weighted by atomic mass is 9.97. The van der Waals surface area contributed by atoms with Gasteiger partial charge in [0.15, 0.2) is 0 Å². The number of hydrogen-bond acceptors (Lipinski definition) is 16. The minimum atomic E-state index is -3.79. The SMILES string of the molecule is CC(C)Cc1ccc(C(C)C(=O)O)cc1.CC(C)Cc1ccc(C(C)C(=O)OCCCO)cc1.CC(C)Cc1ccc(C(C)C(=O)OCCCSC(=S)N2CCCC2C(=O)O)cc1.Cc1ccc(S(=O)(=O)OCCCOC(=O)C(C)c2ccc(CC(C)C)cc2)cc1.OCCCO. The van der Waals surface area contributed by atoms with Crippen LogP contribution in [0.25, 0.3) is 0 Å². The quantitative estimate of drug-likeness (QED) is 0.00881. The van der Waals surface area contributed by atoms with Crippen LogP contribution < -0.4 is 0 Å². The lowest BCUT2D eigenvalue weighted by Gasteiger charge is -2.23. The molecule has 6 rings (SSSR count). The van der Waals surface area contributed by atoms with Gasteiger partial charge in [0.25, 0.3) is 10.1 Å². The maximum atomic E-state index is 12.3. The Kier molecular flexibility index (Phi) is 42.4. The Balaban J connectivity index is 0.000000442. The van der Waals surface area contributed by atoms with Gasteiger partial charge in [0.1, 0.15) is 10.4 Å². The highest BCUT2D eigenvalue weighted by Crippen LogP contribution is 2.26. The van der Waals surface area contributed by atoms with Gasteiger partial charge in [0.2, 0.25) is 0 Å². The summed E-state index contributed by atoms with van der Waals surface area (Å²) in [7, 11) is -3.79. The molecule has 1 aliphatic heterocycles. The first-order valence-electron chi connectivity index (χ1n) is 34.0. The molecule has 1 fully saturated rings. The van der Waals surface area contributed by atoms with Crippen LogP contribution in [0.4, 0.5) is 0 Å². The molecule has 0 saturated carbocycles. The average Bonchev–Trinajstić information content (AvgIpc) is 1.89. The van der Waals surface area contributed by atoms with Crippen molar-refractivity contribution in [2.75, 3.05) is 58.5 Å². The summed E-state index contributed by atoms with van der Waals surface area (Å²) in [5, 5.41) is 42.5. The number of esters is 3. The number of carboxylic acids is 2. The molecule has 5 N–H and O–H groups in total. The zero-order valence-electron chi connectivity index (χ0n) is 59.6. The molecule has 0 spiro atoms. The predicted octanol–water partition coefficient (Wildman–Crippen LogP) is 14.5. The standard InChI is InChI=1S/C23H30O5S.C22H31NO4S2.C16H24O3.C13H18O2.C3H8O2/c1-17(2)16-20-8-10-21(11-9-20)19(4)23(24)27-14-5-15-28-29(25,26)22-12-6-18(3)7-13-22;1-15(2)14-17-7-9-18(10-8-17)16(3)21(26)27-12-5-13-29-22(28)23-11-4-6-19(23)20(24)25;1-12(2)11-14-5-7-15(8-6-14)13(3)16(18)19-10-4-9-17;1-9(2)8-11-4-6-12(7-5-11)10(3)13(14)15;4-2-1-3-5/h6-13,17,19H,5,14-16H2,1-4H3;7-10,15-16,19H,4-6,11-14H2,1-3H3,(H,24,25);5-8,12-13,17H,4,9-11H2,1-3H3;4-7,9-10H,8H2,1-3H3,(H,14,15);4-5H,1-3H2. The summed E-state index contributed by atoms with van der Waals surface area (Å²) >= 11 is 6.83. The molecule has 5 unspecified atom stereocenters. The molecule has 0 radical (unpaired) electrons. The number of aliphatic carboxylic acids is 2. The Morgan fingerprint density at radius 3 is 1.14 bits per heavy atom. The number of hydrogen-bond donors (Lipinski definition) is 5. The molecule has 1 saturated heterocycles. The van der Waals surface area contributed by atoms with Gasteiger partial charge in [0.05, 0.1) is 55.0 Å². The summed E-state index contributed by atoms with van der Waals surface area (Å²) < 4.78 is 45.6. The molecule has 5 atom stereocenters. The highest BCUT2D eigenvalue weighted by atomic mass is 32.2. The second-order valence-electron chi connectivity index (χ2n) is 26.1. The van der Waals surface area contributed by atoms with Gasteiger partial charge >= 0.3 is 29.8 Å². The molecule has 5 aromatic carbocycles. The third-order valence-electron chi connectivity index (χ3n) is 15.4. The van der Waals surface area contributed by atoms with E-state index in [1.807, 2.05) is 93.6 Å². The first kappa shape index (κ1) is 86.6. The molecule has 17 nitrogen and oxygen atoms in total. The fraction of sp³-hybridized carbons (Fsp3) is 0.532. The van der Waals surface area contributed by atoms with Gasteiger partial charge in [-0.1, -0.05) is 194 Å². The van der Waals surface area contributed by atoms with Crippen LogP contribution in [0.1, 0.15) is 195 Å². The summed E-state index contributed by atoms with van der Waals surface area (Å²) in [6.07, 6.45) is 7.60. The molecule has 1 heterocycles. The summed E-state index contributed by atoms with van der Waals surface area (Å²) in [6, 6.07) is 38.2. The Hall–Kier alpha value is -6.52. The molecular formula is C77H111NO16S3. The van der Waals surface area contributed by atoms with Crippen molar-refractivity contribution in [3.05, 3.63) is 171 Å². The largest absolute Gasteiger partial charge is 0.481 e. The number of thioether (sulfide) groups is 1. The van der Waals surface area contributed by atoms with E-state index in [0.29, 0.717) is 79.0 Å². The van der Waals surface area contributed by atoms with Crippen molar-refractivity contribution in [3.63, 3.8) is 0 Å². The summed E-state index contributed by atoms with van der Waals surface area (Å²) in [4.78, 5) is 60.2. The number of nitrogens with zero attached hydrogens (tertiary/aromatic N) is 1. The van der Waals surface area contributed by atoms with E-state index < -0.39 is 34.0 Å². The van der Waals surface area contributed by atoms with Crippen LogP contribution >= 0.6 is 24.0 Å². The number of carbonyl (C=O) groups is 5. The monoisotopic (exact) mass is 1400 g/mol. The smallest absolute Gasteiger partial charge is 0.326 e. The lowest BCUT2D eigenvalue weighted by molar-refractivity contribution is -0.146. The Bertz CT molecular complexity index is 3170. The first-order chi connectivity index (χ1) is 45.9. The van der Waals surface area contributed by atoms with E-state index in [1.54, 1.807) is 30.9 Å². The van der Waals surface area contributed by atoms with Gasteiger partial charge in [-0.25, -0.2) is 4.79 Å². The van der Waals surface area contributed by atoms with E-state index in [-0.39, 0.29) is 80.2 Å². The first-order valence-corrected chi connectivity index (χ1v) is 36.8. The van der Waals surface area contributed by atoms with Crippen LogP contribution in [0.3, 0.4) is 0 Å². The van der Waals surface area contributed by atoms with Gasteiger partial charge in [-0.3, -0.25) is 23.4 Å². The van der Waals surface area contributed by atoms with E-state index in [4.69, 9.17) is 51.0 Å². The highest BCUT2D eigenvalue weighted by molar-refractivity contribution is 8.22. The average molecular weight is 1400 g/mol. The molecule has 20 heteroatoms. The molecule has 538 valence electrons. The van der Waals surface area contributed by atoms with Crippen molar-refractivity contribution in [3.8, 4) is 0 Å². The topological polar surface area (TPSA) is 261 Å². The highest BCUT2D eigenvalue weighted by Gasteiger charge is 2.32. The van der Waals surface area contributed by atoms with Gasteiger partial charge in [0, 0.05) is 45.0 Å². The maximum absolute atomic E-state index is 12.3. The van der Waals surface area contributed by atoms with Crippen LogP contribution in [-0.2, 0) is 78.2 Å². The zero-order valence-corrected chi connectivity index (χ0v) is 62.0. The number of aliphatic hydroxyl groups excluding tert-OH is 3. The molecule has 97 heavy (non-hydrogen) atoms. The number of thiocarbonyl (C=S) groups is 1. The van der Waals surface area contributed by atoms with Crippen molar-refractivity contribution in [1.82, 2.24) is 4.90 Å². The number of likely N-dealkylation sites (tertiary alicyclic amines) is 1. The summed E-state index contributed by atoms with van der Waals surface area (Å²) in [5.74, 6) is -0.560. The third-order valence-corrected chi connectivity index (χ3v) is 18.3. The minimum Gasteiger partial charge on any atom is -0.481 e. The van der Waals surface area contributed by atoms with Gasteiger partial charge < -0.3 is 44.6 Å². The summed E-state index contributed by atoms with van der Waals surface area (Å²) in [5.41, 5.74) is 9.77. The fourth-order valence-electron chi connectivity index (χ4n) is 9.78. The van der Waals surface area contributed by atoms with Crippen molar-refractivity contribution in [1.29, 1.82) is 0 Å². The second kappa shape index (κ2) is 47.5. The lowest BCUT2D eigenvalue weighted by Crippen LogP contribution is -2.38. The van der Waals surface area contributed by atoms with Crippen molar-refractivity contribution in [2.24, 2.45) is 23.7 Å². The van der Waals surface area contributed by atoms with E-state index >= 15 is 0 Å². The predicted molar refractivity (Wildman–Crippen MR) is 391 cm³/mol. The van der Waals surface area contributed by atoms with Crippen LogP contribution in [-0.4, -0.2) is 138 Å². The fourth-order valence-corrected chi connectivity index (χ4v) is 12.0. The number of aryl methyl sites for hydroxylation is 1. The van der Waals surface area contributed by atoms with Crippen LogP contribution in [0, 0.1) is 30.6 Å². The molecule has 0 aliphatic carbocycles. The van der Waals surface area contributed by atoms with E-state index in [0.717, 1.165) is 59.9 Å². The van der Waals surface area contributed by atoms with Crippen molar-refractivity contribution < 1.29 is 76.3 Å². The number of aliphatic hydroxyl groups is 3. The molecule has 0 amide bonds. The van der Waals surface area contributed by atoms with Gasteiger partial charge in [-0.15, -0.1) is 0 Å². The molecule has 1 aliphatic rings. The zero-order chi connectivity index (χ0) is 72.6. The number of carboxylic acid groups (broad SMARTS) is 2. The third kappa shape index (κ3) is 35.2. The molecule has 0 bridgehead atoms. The van der Waals surface area contributed by atoms with Crippen LogP contribution in [0.2, 0.25) is 0 Å². The van der Waals surface area contributed by atoms with E-state index in [2.05, 4.69) is 79.7 Å². The molecule has 0 aromatic heterocycles. The van der Waals surface area contributed by atoms with Crippen molar-refractivity contribution >= 4 is 68.3 Å². The molecule has 5 aromatic rings. The maximum Gasteiger partial charge on any atom is 0.326 e. The number of rotatable bonds is 32. The van der Waals surface area contributed by atoms with E-state index in [9.17, 15) is 37.5 Å². The van der Waals surface area contributed by atoms with Gasteiger partial charge in [-0.2, -0.15) is 8.42 Å². The number of benzene rings is 5. The normalized spacial score (nSPS) is 13.9. The van der Waals surface area contributed by atoms with Crippen LogP contribution in [0.15, 0.2) is 126 Å². The number of carbonyl (C=O) groups excluding carboxylic acids is 3. The molecular weight excluding hydrogens is 1290 g/mol. The van der Waals surface area contributed by atoms with Crippen LogP contribution in [0.5, 0.6) is 0 Å². The number of ether oxygens (including phenoxy) is 3. The summed E-state index contributed by atoms with van der Waals surface area (Å²) in [6.45, 7) is 28.2. The van der Waals surface area contributed by atoms with E-state index in [1.165, 1.54) is 46.1 Å². The van der Waals surface area contributed by atoms with Gasteiger partial charge in [-0.05, 0) is 166 Å². The Labute approximate surface area is 588 Å². The minimum absolute atomic E-state index is 0.0399. The second-order valence-corrected chi connectivity index (χ2v) is 29.4. The Morgan fingerprint density at radius 1 is 0.485 bits per heavy atom. The Morgan fingerprint density at radius 2 is 0.825 bits per heavy atom. The van der Waals surface area contributed by atoms with Crippen molar-refractivity contribution in [2.45, 2.75) is 189 Å².